The van der Waals surface area contributed by atoms with E-state index >= 15 is 0 Å². The van der Waals surface area contributed by atoms with Gasteiger partial charge < -0.3 is 15.2 Å². The number of aromatic nitrogens is 5. The fourth-order valence-corrected chi connectivity index (χ4v) is 3.36. The highest BCUT2D eigenvalue weighted by Gasteiger charge is 2.33. The fourth-order valence-electron chi connectivity index (χ4n) is 3.36. The zero-order valence-corrected chi connectivity index (χ0v) is 14.3. The second-order valence-electron chi connectivity index (χ2n) is 6.54. The average Bonchev–Trinajstić information content (AvgIpc) is 3.20. The highest BCUT2D eigenvalue weighted by atomic mass is 19.4. The van der Waals surface area contributed by atoms with E-state index in [2.05, 4.69) is 30.5 Å². The van der Waals surface area contributed by atoms with Crippen LogP contribution < -0.4 is 10.2 Å². The number of hydrogen-bond donors (Lipinski definition) is 2. The summed E-state index contributed by atoms with van der Waals surface area (Å²) in [5, 5.41) is 12.2. The number of H-pyrrole nitrogens is 1. The molecule has 11 heteroatoms. The van der Waals surface area contributed by atoms with Crippen molar-refractivity contribution in [3.63, 3.8) is 0 Å². The third kappa shape index (κ3) is 3.49. The van der Waals surface area contributed by atoms with E-state index < -0.39 is 18.5 Å². The first-order valence-corrected chi connectivity index (χ1v) is 8.39. The van der Waals surface area contributed by atoms with Gasteiger partial charge in [0.15, 0.2) is 11.3 Å². The van der Waals surface area contributed by atoms with E-state index in [1.54, 1.807) is 13.1 Å². The minimum atomic E-state index is -4.51. The van der Waals surface area contributed by atoms with Gasteiger partial charge in [0.2, 0.25) is 5.91 Å². The molecule has 0 radical (unpaired) electrons. The van der Waals surface area contributed by atoms with Crippen molar-refractivity contribution in [1.82, 2.24) is 30.5 Å². The Kier molecular flexibility index (Phi) is 4.08. The molecule has 1 unspecified atom stereocenters. The smallest absolute Gasteiger partial charge is 0.354 e. The van der Waals surface area contributed by atoms with Gasteiger partial charge >= 0.3 is 6.18 Å². The minimum absolute atomic E-state index is 0.368. The number of alkyl halides is 3. The number of nitrogens with zero attached hydrogens (tertiary/aromatic N) is 5. The minimum Gasteiger partial charge on any atom is -0.354 e. The second kappa shape index (κ2) is 6.32. The number of aryl methyl sites for hydroxylation is 1. The molecule has 1 aliphatic heterocycles. The third-order valence-corrected chi connectivity index (χ3v) is 4.44. The zero-order chi connectivity index (χ0) is 19.2. The van der Waals surface area contributed by atoms with Crippen molar-refractivity contribution >= 4 is 33.8 Å². The summed E-state index contributed by atoms with van der Waals surface area (Å²) in [6.45, 7) is 2.71. The van der Waals surface area contributed by atoms with E-state index in [1.165, 1.54) is 0 Å². The Morgan fingerprint density at radius 3 is 3.00 bits per heavy atom. The number of carbonyl (C=O) groups excluding carboxylic acids is 1. The number of hydrogen-bond acceptors (Lipinski definition) is 6. The van der Waals surface area contributed by atoms with E-state index in [-0.39, 0.29) is 6.04 Å². The normalized spacial score (nSPS) is 17.8. The largest absolute Gasteiger partial charge is 0.397 e. The van der Waals surface area contributed by atoms with Crippen LogP contribution >= 0.6 is 0 Å². The average molecular weight is 379 g/mol. The van der Waals surface area contributed by atoms with Crippen LogP contribution in [0.3, 0.4) is 0 Å². The topological polar surface area (TPSA) is 99.7 Å². The molecule has 3 aromatic rings. The summed E-state index contributed by atoms with van der Waals surface area (Å²) in [7, 11) is 0. The van der Waals surface area contributed by atoms with Crippen LogP contribution in [0.2, 0.25) is 0 Å². The van der Waals surface area contributed by atoms with E-state index in [0.29, 0.717) is 42.4 Å². The number of aromatic amines is 1. The summed E-state index contributed by atoms with van der Waals surface area (Å²) in [5.41, 5.74) is 1.06. The lowest BCUT2D eigenvalue weighted by Gasteiger charge is -2.20. The van der Waals surface area contributed by atoms with Crippen molar-refractivity contribution in [1.29, 1.82) is 0 Å². The second-order valence-corrected chi connectivity index (χ2v) is 6.54. The molecule has 0 spiro atoms. The van der Waals surface area contributed by atoms with E-state index in [9.17, 15) is 18.0 Å². The molecular weight excluding hydrogens is 363 g/mol. The molecule has 0 aromatic carbocycles. The first kappa shape index (κ1) is 17.4. The molecule has 27 heavy (non-hydrogen) atoms. The molecular formula is C16H16F3N7O. The highest BCUT2D eigenvalue weighted by Crippen LogP contribution is 2.31. The van der Waals surface area contributed by atoms with Gasteiger partial charge in [-0.1, -0.05) is 0 Å². The van der Waals surface area contributed by atoms with Crippen LogP contribution in [0.4, 0.5) is 19.0 Å². The predicted octanol–water partition coefficient (Wildman–Crippen LogP) is 1.86. The van der Waals surface area contributed by atoms with Gasteiger partial charge in [-0.3, -0.25) is 4.79 Å². The highest BCUT2D eigenvalue weighted by molar-refractivity contribution is 6.07. The number of carbonyl (C=O) groups is 1. The molecule has 142 valence electrons. The molecule has 2 N–H and O–H groups in total. The molecule has 0 bridgehead atoms. The molecule has 0 aliphatic carbocycles. The Hall–Kier alpha value is -2.98. The lowest BCUT2D eigenvalue weighted by Crippen LogP contribution is -2.39. The van der Waals surface area contributed by atoms with Gasteiger partial charge in [-0.05, 0) is 19.4 Å². The number of amides is 1. The molecule has 4 rings (SSSR count). The lowest BCUT2D eigenvalue weighted by molar-refractivity contribution is -0.154. The van der Waals surface area contributed by atoms with Crippen molar-refractivity contribution in [2.24, 2.45) is 0 Å². The lowest BCUT2D eigenvalue weighted by atomic mass is 10.2. The van der Waals surface area contributed by atoms with Crippen LogP contribution in [0, 0.1) is 6.92 Å². The maximum absolute atomic E-state index is 12.4. The van der Waals surface area contributed by atoms with E-state index in [0.717, 1.165) is 10.8 Å². The van der Waals surface area contributed by atoms with Crippen molar-refractivity contribution in [2.45, 2.75) is 32.0 Å². The Labute approximate surface area is 151 Å². The van der Waals surface area contributed by atoms with Gasteiger partial charge in [0.25, 0.3) is 0 Å². The quantitative estimate of drug-likeness (QED) is 0.721. The Morgan fingerprint density at radius 2 is 2.22 bits per heavy atom. The van der Waals surface area contributed by atoms with Crippen LogP contribution in [0.25, 0.3) is 22.1 Å². The van der Waals surface area contributed by atoms with Crippen LogP contribution in [0.15, 0.2) is 12.3 Å². The van der Waals surface area contributed by atoms with Crippen LogP contribution in [-0.2, 0) is 4.79 Å². The Bertz CT molecular complexity index is 1020. The number of fused-ring (bicyclic) bond motifs is 3. The number of halogens is 3. The van der Waals surface area contributed by atoms with Crippen LogP contribution in [0.5, 0.6) is 0 Å². The Balaban J connectivity index is 1.62. The number of nitrogens with one attached hydrogen (secondary N) is 2. The van der Waals surface area contributed by atoms with Gasteiger partial charge in [0.05, 0.1) is 5.39 Å². The fraction of sp³-hybridized carbons (Fsp3) is 0.438. The number of anilines is 1. The van der Waals surface area contributed by atoms with Crippen molar-refractivity contribution in [3.05, 3.63) is 18.1 Å². The third-order valence-electron chi connectivity index (χ3n) is 4.44. The maximum atomic E-state index is 12.4. The molecule has 0 saturated carbocycles. The molecule has 1 atom stereocenters. The molecule has 8 nitrogen and oxygen atoms in total. The maximum Gasteiger partial charge on any atom is 0.397 e. The van der Waals surface area contributed by atoms with E-state index in [4.69, 9.17) is 0 Å². The van der Waals surface area contributed by atoms with Crippen molar-refractivity contribution in [2.75, 3.05) is 18.0 Å². The van der Waals surface area contributed by atoms with Crippen LogP contribution in [0.1, 0.15) is 18.7 Å². The number of rotatable bonds is 3. The molecule has 1 fully saturated rings. The first-order valence-electron chi connectivity index (χ1n) is 8.39. The standard InChI is InChI=1S/C16H16F3N7O/c1-8-21-14-12(10-2-4-20-13(10)24-25-14)15(22-8)26-5-3-9(7-26)23-11(27)6-16(17,18)19/h2,4,9H,3,5-7H2,1H3,(H,23,27)(H,21,22,25). The first-order chi connectivity index (χ1) is 12.8. The van der Waals surface area contributed by atoms with Gasteiger partial charge in [-0.15, -0.1) is 10.2 Å². The predicted molar refractivity (Wildman–Crippen MR) is 91.2 cm³/mol. The molecule has 1 amide bonds. The van der Waals surface area contributed by atoms with Gasteiger partial charge in [-0.25, -0.2) is 9.97 Å². The van der Waals surface area contributed by atoms with Crippen molar-refractivity contribution < 1.29 is 18.0 Å². The SMILES string of the molecule is Cc1nc(N2CCC(NC(=O)CC(F)(F)F)C2)c2c(nnc3nccc32)[nH]1. The summed E-state index contributed by atoms with van der Waals surface area (Å²) in [5.74, 6) is 0.273. The van der Waals surface area contributed by atoms with Gasteiger partial charge in [-0.2, -0.15) is 13.2 Å². The summed E-state index contributed by atoms with van der Waals surface area (Å²) in [6, 6.07) is 1.45. The zero-order valence-electron chi connectivity index (χ0n) is 14.3. The molecule has 1 aliphatic rings. The Morgan fingerprint density at radius 1 is 1.41 bits per heavy atom. The van der Waals surface area contributed by atoms with Gasteiger partial charge in [0.1, 0.15) is 18.1 Å². The van der Waals surface area contributed by atoms with Gasteiger partial charge in [0, 0.05) is 30.7 Å². The molecule has 3 aromatic heterocycles. The van der Waals surface area contributed by atoms with Crippen LogP contribution in [-0.4, -0.2) is 56.4 Å². The molecule has 4 heterocycles. The summed E-state index contributed by atoms with van der Waals surface area (Å²) >= 11 is 0. The summed E-state index contributed by atoms with van der Waals surface area (Å²) in [6.07, 6.45) is -3.82. The summed E-state index contributed by atoms with van der Waals surface area (Å²) in [4.78, 5) is 25.3. The summed E-state index contributed by atoms with van der Waals surface area (Å²) < 4.78 is 37.1. The monoisotopic (exact) mass is 379 g/mol. The molecule has 1 saturated heterocycles. The van der Waals surface area contributed by atoms with E-state index in [1.807, 2.05) is 11.0 Å². The van der Waals surface area contributed by atoms with Crippen molar-refractivity contribution in [3.8, 4) is 0 Å².